The molecule has 0 unspecified atom stereocenters. The molecule has 0 atom stereocenters. The molecule has 3 rings (SSSR count). The fourth-order valence-electron chi connectivity index (χ4n) is 2.04. The summed E-state index contributed by atoms with van der Waals surface area (Å²) in [6.07, 6.45) is 1.61. The van der Waals surface area contributed by atoms with E-state index in [4.69, 9.17) is 9.15 Å². The van der Waals surface area contributed by atoms with Gasteiger partial charge in [-0.15, -0.1) is 10.2 Å². The van der Waals surface area contributed by atoms with E-state index >= 15 is 0 Å². The number of rotatable bonds is 6. The number of nitrogens with one attached hydrogen (secondary N) is 2. The highest BCUT2D eigenvalue weighted by atomic mass is 16.5. The third-order valence-corrected chi connectivity index (χ3v) is 3.26. The van der Waals surface area contributed by atoms with Crippen LogP contribution in [0.4, 0.5) is 11.6 Å². The number of hydrogen-bond donors (Lipinski definition) is 2. The highest BCUT2D eigenvalue weighted by Crippen LogP contribution is 2.14. The maximum Gasteiger partial charge on any atom is 0.256 e. The fourth-order valence-corrected chi connectivity index (χ4v) is 2.04. The Morgan fingerprint density at radius 1 is 1.12 bits per heavy atom. The summed E-state index contributed by atoms with van der Waals surface area (Å²) in [7, 11) is 1.55. The third kappa shape index (κ3) is 3.89. The monoisotopic (exact) mass is 324 g/mol. The van der Waals surface area contributed by atoms with Crippen LogP contribution in [0.2, 0.25) is 0 Å². The maximum absolute atomic E-state index is 12.2. The predicted molar refractivity (Wildman–Crippen MR) is 89.0 cm³/mol. The summed E-state index contributed by atoms with van der Waals surface area (Å²) < 4.78 is 10.3. The molecule has 0 bridgehead atoms. The number of hydrogen-bond acceptors (Lipinski definition) is 6. The van der Waals surface area contributed by atoms with Crippen LogP contribution >= 0.6 is 0 Å². The molecule has 7 heteroatoms. The molecule has 0 aliphatic rings. The summed E-state index contributed by atoms with van der Waals surface area (Å²) in [4.78, 5) is 12.2. The minimum Gasteiger partial charge on any atom is -0.497 e. The van der Waals surface area contributed by atoms with E-state index in [2.05, 4.69) is 20.8 Å². The van der Waals surface area contributed by atoms with Crippen molar-refractivity contribution < 1.29 is 13.9 Å². The zero-order chi connectivity index (χ0) is 16.8. The van der Waals surface area contributed by atoms with Crippen LogP contribution in [0.15, 0.2) is 59.2 Å². The fraction of sp³-hybridized carbons (Fsp3) is 0.118. The number of anilines is 2. The average molecular weight is 324 g/mol. The zero-order valence-electron chi connectivity index (χ0n) is 13.0. The lowest BCUT2D eigenvalue weighted by Crippen LogP contribution is -2.13. The summed E-state index contributed by atoms with van der Waals surface area (Å²) in [5.74, 6) is 2.09. The van der Waals surface area contributed by atoms with Crippen molar-refractivity contribution >= 4 is 17.5 Å². The van der Waals surface area contributed by atoms with Crippen molar-refractivity contribution in [3.8, 4) is 5.75 Å². The van der Waals surface area contributed by atoms with Crippen LogP contribution in [0.3, 0.4) is 0 Å². The van der Waals surface area contributed by atoms with Crippen molar-refractivity contribution in [1.82, 2.24) is 10.2 Å². The van der Waals surface area contributed by atoms with Crippen molar-refractivity contribution in [3.63, 3.8) is 0 Å². The highest BCUT2D eigenvalue weighted by molar-refractivity contribution is 6.03. The molecule has 122 valence electrons. The lowest BCUT2D eigenvalue weighted by molar-refractivity contribution is 0.102. The molecule has 0 aliphatic carbocycles. The Kier molecular flexibility index (Phi) is 4.71. The normalized spacial score (nSPS) is 10.2. The largest absolute Gasteiger partial charge is 0.497 e. The molecule has 2 heterocycles. The number of amides is 1. The number of furan rings is 1. The molecule has 2 aromatic heterocycles. The number of aromatic nitrogens is 2. The van der Waals surface area contributed by atoms with Crippen LogP contribution in [0.1, 0.15) is 16.1 Å². The quantitative estimate of drug-likeness (QED) is 0.724. The van der Waals surface area contributed by atoms with Gasteiger partial charge in [-0.1, -0.05) is 6.07 Å². The number of ether oxygens (including phenoxy) is 1. The second-order valence-electron chi connectivity index (χ2n) is 4.92. The predicted octanol–water partition coefficient (Wildman–Crippen LogP) is 2.94. The molecule has 0 aliphatic heterocycles. The standard InChI is InChI=1S/C17H16N4O3/c1-23-13-5-2-4-12(10-13)17(22)19-16-8-7-15(20-21-16)18-11-14-6-3-9-24-14/h2-10H,11H2,1H3,(H,18,20)(H,19,21,22). The van der Waals surface area contributed by atoms with E-state index in [0.29, 0.717) is 29.5 Å². The Bertz CT molecular complexity index is 801. The van der Waals surface area contributed by atoms with Gasteiger partial charge in [-0.3, -0.25) is 4.79 Å². The average Bonchev–Trinajstić information content (AvgIpc) is 3.15. The van der Waals surface area contributed by atoms with Crippen molar-refractivity contribution in [2.24, 2.45) is 0 Å². The summed E-state index contributed by atoms with van der Waals surface area (Å²) in [5.41, 5.74) is 0.483. The van der Waals surface area contributed by atoms with Gasteiger partial charge in [0.1, 0.15) is 17.3 Å². The maximum atomic E-state index is 12.2. The SMILES string of the molecule is COc1cccc(C(=O)Nc2ccc(NCc3ccco3)nn2)c1. The van der Waals surface area contributed by atoms with Crippen molar-refractivity contribution in [2.45, 2.75) is 6.54 Å². The number of benzene rings is 1. The Balaban J connectivity index is 1.60. The Morgan fingerprint density at radius 3 is 2.67 bits per heavy atom. The lowest BCUT2D eigenvalue weighted by Gasteiger charge is -2.07. The first kappa shape index (κ1) is 15.5. The van der Waals surface area contributed by atoms with Gasteiger partial charge in [0.15, 0.2) is 5.82 Å². The van der Waals surface area contributed by atoms with E-state index < -0.39 is 0 Å². The second-order valence-corrected chi connectivity index (χ2v) is 4.92. The van der Waals surface area contributed by atoms with Crippen LogP contribution in [-0.2, 0) is 6.54 Å². The van der Waals surface area contributed by atoms with Gasteiger partial charge in [0.25, 0.3) is 5.91 Å². The summed E-state index contributed by atoms with van der Waals surface area (Å²) in [6.45, 7) is 0.511. The van der Waals surface area contributed by atoms with Gasteiger partial charge in [0.2, 0.25) is 0 Å². The van der Waals surface area contributed by atoms with E-state index in [9.17, 15) is 4.79 Å². The van der Waals surface area contributed by atoms with E-state index in [1.807, 2.05) is 12.1 Å². The van der Waals surface area contributed by atoms with Gasteiger partial charge in [0.05, 0.1) is 19.9 Å². The van der Waals surface area contributed by atoms with Gasteiger partial charge in [-0.05, 0) is 42.5 Å². The number of methoxy groups -OCH3 is 1. The van der Waals surface area contributed by atoms with Gasteiger partial charge < -0.3 is 19.8 Å². The van der Waals surface area contributed by atoms with Crippen LogP contribution in [0.5, 0.6) is 5.75 Å². The molecule has 0 saturated heterocycles. The van der Waals surface area contributed by atoms with Crippen molar-refractivity contribution in [1.29, 1.82) is 0 Å². The Morgan fingerprint density at radius 2 is 1.96 bits per heavy atom. The van der Waals surface area contributed by atoms with Gasteiger partial charge >= 0.3 is 0 Å². The molecule has 2 N–H and O–H groups in total. The van der Waals surface area contributed by atoms with Crippen molar-refractivity contribution in [3.05, 3.63) is 66.1 Å². The number of nitrogens with zero attached hydrogens (tertiary/aromatic N) is 2. The van der Waals surface area contributed by atoms with Crippen LogP contribution in [0.25, 0.3) is 0 Å². The summed E-state index contributed by atoms with van der Waals surface area (Å²) >= 11 is 0. The zero-order valence-corrected chi connectivity index (χ0v) is 13.0. The molecular weight excluding hydrogens is 308 g/mol. The Labute approximate surface area is 138 Å². The first-order chi connectivity index (χ1) is 11.7. The molecule has 0 saturated carbocycles. The van der Waals surface area contributed by atoms with Gasteiger partial charge in [-0.2, -0.15) is 0 Å². The van der Waals surface area contributed by atoms with Gasteiger partial charge in [0, 0.05) is 5.56 Å². The Hall–Kier alpha value is -3.35. The molecule has 0 radical (unpaired) electrons. The van der Waals surface area contributed by atoms with Crippen LogP contribution in [0, 0.1) is 0 Å². The van der Waals surface area contributed by atoms with E-state index in [-0.39, 0.29) is 5.91 Å². The molecule has 7 nitrogen and oxygen atoms in total. The van der Waals surface area contributed by atoms with E-state index in [0.717, 1.165) is 5.76 Å². The molecule has 24 heavy (non-hydrogen) atoms. The lowest BCUT2D eigenvalue weighted by atomic mass is 10.2. The first-order valence-electron chi connectivity index (χ1n) is 7.30. The van der Waals surface area contributed by atoms with Crippen molar-refractivity contribution in [2.75, 3.05) is 17.7 Å². The topological polar surface area (TPSA) is 89.3 Å². The molecular formula is C17H16N4O3. The second kappa shape index (κ2) is 7.28. The number of carbonyl (C=O) groups is 1. The molecule has 0 spiro atoms. The van der Waals surface area contributed by atoms with Crippen LogP contribution < -0.4 is 15.4 Å². The number of carbonyl (C=O) groups excluding carboxylic acids is 1. The minimum absolute atomic E-state index is 0.278. The molecule has 1 amide bonds. The third-order valence-electron chi connectivity index (χ3n) is 3.26. The molecule has 0 fully saturated rings. The highest BCUT2D eigenvalue weighted by Gasteiger charge is 2.08. The minimum atomic E-state index is -0.278. The van der Waals surface area contributed by atoms with Gasteiger partial charge in [-0.25, -0.2) is 0 Å². The first-order valence-corrected chi connectivity index (χ1v) is 7.30. The summed E-state index contributed by atoms with van der Waals surface area (Å²) in [5, 5.41) is 13.8. The smallest absolute Gasteiger partial charge is 0.256 e. The van der Waals surface area contributed by atoms with Crippen LogP contribution in [-0.4, -0.2) is 23.2 Å². The summed E-state index contributed by atoms with van der Waals surface area (Å²) in [6, 6.07) is 14.0. The van der Waals surface area contributed by atoms with E-state index in [1.165, 1.54) is 0 Å². The molecule has 3 aromatic rings. The van der Waals surface area contributed by atoms with E-state index in [1.54, 1.807) is 49.8 Å². The molecule has 1 aromatic carbocycles.